The van der Waals surface area contributed by atoms with E-state index in [1.807, 2.05) is 18.6 Å². The summed E-state index contributed by atoms with van der Waals surface area (Å²) < 4.78 is 0. The van der Waals surface area contributed by atoms with Crippen molar-refractivity contribution in [1.29, 1.82) is 0 Å². The second kappa shape index (κ2) is 7.42. The molecule has 108 valence electrons. The molecule has 1 aromatic heterocycles. The number of rotatable bonds is 3. The SMILES string of the molecule is CCC1(C)CCN(C(=NC)NCc2nccs2)C1.I. The highest BCUT2D eigenvalue weighted by atomic mass is 127. The van der Waals surface area contributed by atoms with Gasteiger partial charge in [-0.3, -0.25) is 4.99 Å². The molecule has 0 bridgehead atoms. The van der Waals surface area contributed by atoms with E-state index in [2.05, 4.69) is 34.0 Å². The molecule has 0 radical (unpaired) electrons. The fourth-order valence-electron chi connectivity index (χ4n) is 2.32. The molecule has 2 rings (SSSR count). The van der Waals surface area contributed by atoms with Crippen molar-refractivity contribution < 1.29 is 0 Å². The monoisotopic (exact) mass is 394 g/mol. The molecule has 1 aliphatic rings. The molecule has 1 N–H and O–H groups in total. The Morgan fingerprint density at radius 3 is 2.95 bits per heavy atom. The number of nitrogens with zero attached hydrogens (tertiary/aromatic N) is 3. The fraction of sp³-hybridized carbons (Fsp3) is 0.692. The Morgan fingerprint density at radius 1 is 1.63 bits per heavy atom. The van der Waals surface area contributed by atoms with E-state index in [1.54, 1.807) is 11.3 Å². The van der Waals surface area contributed by atoms with Crippen molar-refractivity contribution in [3.63, 3.8) is 0 Å². The number of nitrogens with one attached hydrogen (secondary N) is 1. The number of guanidine groups is 1. The third-order valence-electron chi connectivity index (χ3n) is 3.80. The van der Waals surface area contributed by atoms with Gasteiger partial charge in [-0.1, -0.05) is 13.8 Å². The van der Waals surface area contributed by atoms with Gasteiger partial charge in [-0.25, -0.2) is 4.98 Å². The normalized spacial score (nSPS) is 23.3. The summed E-state index contributed by atoms with van der Waals surface area (Å²) in [4.78, 5) is 11.0. The van der Waals surface area contributed by atoms with Crippen LogP contribution in [0.5, 0.6) is 0 Å². The lowest BCUT2D eigenvalue weighted by Crippen LogP contribution is -2.40. The van der Waals surface area contributed by atoms with Crippen LogP contribution in [-0.2, 0) is 6.54 Å². The zero-order valence-electron chi connectivity index (χ0n) is 11.8. The third-order valence-corrected chi connectivity index (χ3v) is 4.58. The van der Waals surface area contributed by atoms with Crippen LogP contribution in [0.3, 0.4) is 0 Å². The highest BCUT2D eigenvalue weighted by molar-refractivity contribution is 14.0. The number of halogens is 1. The maximum absolute atomic E-state index is 4.38. The zero-order valence-corrected chi connectivity index (χ0v) is 15.0. The number of hydrogen-bond acceptors (Lipinski definition) is 3. The number of likely N-dealkylation sites (tertiary alicyclic amines) is 1. The van der Waals surface area contributed by atoms with Crippen LogP contribution in [0.2, 0.25) is 0 Å². The second-order valence-corrected chi connectivity index (χ2v) is 6.14. The zero-order chi connectivity index (χ0) is 13.0. The van der Waals surface area contributed by atoms with Gasteiger partial charge in [-0.05, 0) is 18.3 Å². The van der Waals surface area contributed by atoms with Crippen LogP contribution < -0.4 is 5.32 Å². The van der Waals surface area contributed by atoms with E-state index < -0.39 is 0 Å². The van der Waals surface area contributed by atoms with Gasteiger partial charge in [0.05, 0.1) is 6.54 Å². The lowest BCUT2D eigenvalue weighted by atomic mass is 9.87. The minimum absolute atomic E-state index is 0. The lowest BCUT2D eigenvalue weighted by Gasteiger charge is -2.25. The van der Waals surface area contributed by atoms with E-state index >= 15 is 0 Å². The maximum Gasteiger partial charge on any atom is 0.194 e. The van der Waals surface area contributed by atoms with Crippen molar-refractivity contribution in [1.82, 2.24) is 15.2 Å². The summed E-state index contributed by atoms with van der Waals surface area (Å²) in [6.45, 7) is 7.60. The Kier molecular flexibility index (Phi) is 6.52. The molecule has 0 saturated carbocycles. The number of hydrogen-bond donors (Lipinski definition) is 1. The Balaban J connectivity index is 0.00000180. The third kappa shape index (κ3) is 4.30. The fourth-order valence-corrected chi connectivity index (χ4v) is 2.88. The van der Waals surface area contributed by atoms with Crippen LogP contribution in [-0.4, -0.2) is 36.0 Å². The van der Waals surface area contributed by atoms with E-state index in [0.29, 0.717) is 5.41 Å². The molecule has 1 aliphatic heterocycles. The Hall–Kier alpha value is -0.370. The van der Waals surface area contributed by atoms with Crippen molar-refractivity contribution in [3.8, 4) is 0 Å². The molecule has 0 aromatic carbocycles. The Labute approximate surface area is 136 Å². The summed E-state index contributed by atoms with van der Waals surface area (Å²) in [7, 11) is 1.85. The van der Waals surface area contributed by atoms with Gasteiger partial charge in [-0.15, -0.1) is 35.3 Å². The summed E-state index contributed by atoms with van der Waals surface area (Å²) in [6, 6.07) is 0. The van der Waals surface area contributed by atoms with E-state index in [4.69, 9.17) is 0 Å². The predicted molar refractivity (Wildman–Crippen MR) is 92.3 cm³/mol. The van der Waals surface area contributed by atoms with Crippen molar-refractivity contribution in [2.45, 2.75) is 33.2 Å². The Morgan fingerprint density at radius 2 is 2.42 bits per heavy atom. The van der Waals surface area contributed by atoms with Gasteiger partial charge in [0.2, 0.25) is 0 Å². The van der Waals surface area contributed by atoms with Gasteiger partial charge in [-0.2, -0.15) is 0 Å². The molecule has 1 fully saturated rings. The number of thiazole rings is 1. The first kappa shape index (κ1) is 16.7. The average molecular weight is 394 g/mol. The van der Waals surface area contributed by atoms with Crippen molar-refractivity contribution in [2.75, 3.05) is 20.1 Å². The van der Waals surface area contributed by atoms with E-state index in [0.717, 1.165) is 30.6 Å². The van der Waals surface area contributed by atoms with Gasteiger partial charge >= 0.3 is 0 Å². The van der Waals surface area contributed by atoms with E-state index in [-0.39, 0.29) is 24.0 Å². The summed E-state index contributed by atoms with van der Waals surface area (Å²) in [5, 5.41) is 6.51. The Bertz CT molecular complexity index is 407. The molecule has 1 unspecified atom stereocenters. The minimum Gasteiger partial charge on any atom is -0.350 e. The summed E-state index contributed by atoms with van der Waals surface area (Å²) in [5.41, 5.74) is 0.443. The van der Waals surface area contributed by atoms with Gasteiger partial charge in [0.1, 0.15) is 5.01 Å². The summed E-state index contributed by atoms with van der Waals surface area (Å²) in [6.07, 6.45) is 4.32. The summed E-state index contributed by atoms with van der Waals surface area (Å²) in [5.74, 6) is 1.00. The van der Waals surface area contributed by atoms with E-state index in [1.165, 1.54) is 12.8 Å². The van der Waals surface area contributed by atoms with Crippen LogP contribution in [0.1, 0.15) is 31.7 Å². The van der Waals surface area contributed by atoms with Crippen LogP contribution in [0.15, 0.2) is 16.6 Å². The molecular formula is C13H23IN4S. The molecule has 1 saturated heterocycles. The van der Waals surface area contributed by atoms with Crippen LogP contribution in [0.25, 0.3) is 0 Å². The predicted octanol–water partition coefficient (Wildman–Crippen LogP) is 2.96. The first-order valence-electron chi connectivity index (χ1n) is 6.51. The highest BCUT2D eigenvalue weighted by Gasteiger charge is 2.33. The van der Waals surface area contributed by atoms with Gasteiger partial charge in [0.15, 0.2) is 5.96 Å². The molecule has 6 heteroatoms. The van der Waals surface area contributed by atoms with Crippen LogP contribution >= 0.6 is 35.3 Å². The molecule has 4 nitrogen and oxygen atoms in total. The van der Waals surface area contributed by atoms with Crippen molar-refractivity contribution in [3.05, 3.63) is 16.6 Å². The molecule has 19 heavy (non-hydrogen) atoms. The van der Waals surface area contributed by atoms with Crippen molar-refractivity contribution in [2.24, 2.45) is 10.4 Å². The quantitative estimate of drug-likeness (QED) is 0.487. The topological polar surface area (TPSA) is 40.5 Å². The molecule has 0 spiro atoms. The molecule has 0 amide bonds. The smallest absolute Gasteiger partial charge is 0.194 e. The summed E-state index contributed by atoms with van der Waals surface area (Å²) >= 11 is 1.68. The first-order valence-corrected chi connectivity index (χ1v) is 7.39. The van der Waals surface area contributed by atoms with E-state index in [9.17, 15) is 0 Å². The van der Waals surface area contributed by atoms with Crippen LogP contribution in [0, 0.1) is 5.41 Å². The van der Waals surface area contributed by atoms with Crippen LogP contribution in [0.4, 0.5) is 0 Å². The average Bonchev–Trinajstić information content (AvgIpc) is 3.01. The van der Waals surface area contributed by atoms with Gasteiger partial charge < -0.3 is 10.2 Å². The molecule has 1 atom stereocenters. The minimum atomic E-state index is 0. The van der Waals surface area contributed by atoms with Gasteiger partial charge in [0.25, 0.3) is 0 Å². The highest BCUT2D eigenvalue weighted by Crippen LogP contribution is 2.32. The first-order chi connectivity index (χ1) is 8.67. The maximum atomic E-state index is 4.38. The largest absolute Gasteiger partial charge is 0.350 e. The molecule has 2 heterocycles. The number of aromatic nitrogens is 1. The molecular weight excluding hydrogens is 371 g/mol. The molecule has 1 aromatic rings. The standard InChI is InChI=1S/C13H22N4S.HI/c1-4-13(2)5-7-17(10-13)12(14-3)16-9-11-15-6-8-18-11;/h6,8H,4-5,7,9-10H2,1-3H3,(H,14,16);1H. The second-order valence-electron chi connectivity index (χ2n) is 5.16. The van der Waals surface area contributed by atoms with Gasteiger partial charge in [0, 0.05) is 31.7 Å². The lowest BCUT2D eigenvalue weighted by molar-refractivity contribution is 0.322. The number of aliphatic imine (C=N–C) groups is 1. The van der Waals surface area contributed by atoms with Crippen molar-refractivity contribution >= 4 is 41.3 Å². The molecule has 0 aliphatic carbocycles.